The summed E-state index contributed by atoms with van der Waals surface area (Å²) in [6.45, 7) is 1.94. The molecule has 0 radical (unpaired) electrons. The number of hydrogen-bond acceptors (Lipinski definition) is 3. The number of fused-ring (bicyclic) bond motifs is 1. The summed E-state index contributed by atoms with van der Waals surface area (Å²) in [5, 5.41) is 20.7. The minimum atomic E-state index is -0.349. The third kappa shape index (κ3) is 2.37. The molecule has 0 fully saturated rings. The SMILES string of the molecule is Cc1ccccc1-c1cc(-n2c(=O)[nH]c3ccccc32)c(O)cc1O. The molecule has 3 aromatic carbocycles. The van der Waals surface area contributed by atoms with Gasteiger partial charge in [-0.15, -0.1) is 0 Å². The first-order chi connectivity index (χ1) is 12.1. The Balaban J connectivity index is 2.03. The Hall–Kier alpha value is -3.47. The van der Waals surface area contributed by atoms with Gasteiger partial charge in [0.1, 0.15) is 11.5 Å². The molecule has 0 aliphatic heterocycles. The number of aromatic amines is 1. The molecule has 0 unspecified atom stereocenters. The van der Waals surface area contributed by atoms with Gasteiger partial charge in [-0.3, -0.25) is 4.57 Å². The summed E-state index contributed by atoms with van der Waals surface area (Å²) in [6, 6.07) is 17.8. The highest BCUT2D eigenvalue weighted by atomic mass is 16.3. The number of hydrogen-bond donors (Lipinski definition) is 3. The van der Waals surface area contributed by atoms with E-state index in [2.05, 4.69) is 4.98 Å². The largest absolute Gasteiger partial charge is 0.507 e. The third-order valence-electron chi connectivity index (χ3n) is 4.36. The zero-order valence-electron chi connectivity index (χ0n) is 13.5. The maximum atomic E-state index is 12.4. The van der Waals surface area contributed by atoms with E-state index in [1.54, 1.807) is 18.2 Å². The second-order valence-corrected chi connectivity index (χ2v) is 5.96. The number of para-hydroxylation sites is 2. The standard InChI is InChI=1S/C20H16N2O3/c1-12-6-2-3-7-13(12)14-10-17(19(24)11-18(14)23)22-16-9-5-4-8-15(16)21-20(22)25/h2-11,23-24H,1H3,(H,21,25). The van der Waals surface area contributed by atoms with Crippen LogP contribution in [0, 0.1) is 6.92 Å². The van der Waals surface area contributed by atoms with Crippen molar-refractivity contribution in [3.05, 3.63) is 76.7 Å². The maximum absolute atomic E-state index is 12.4. The second kappa shape index (κ2) is 5.56. The molecule has 124 valence electrons. The number of nitrogens with zero attached hydrogens (tertiary/aromatic N) is 1. The van der Waals surface area contributed by atoms with Crippen molar-refractivity contribution in [1.29, 1.82) is 0 Å². The predicted octanol–water partition coefficient (Wildman–Crippen LogP) is 3.71. The lowest BCUT2D eigenvalue weighted by atomic mass is 9.99. The van der Waals surface area contributed by atoms with Crippen LogP contribution in [0.2, 0.25) is 0 Å². The Labute approximate surface area is 143 Å². The summed E-state index contributed by atoms with van der Waals surface area (Å²) < 4.78 is 1.41. The van der Waals surface area contributed by atoms with Gasteiger partial charge in [-0.05, 0) is 36.2 Å². The highest BCUT2D eigenvalue weighted by molar-refractivity contribution is 5.81. The fourth-order valence-electron chi connectivity index (χ4n) is 3.13. The van der Waals surface area contributed by atoms with Crippen molar-refractivity contribution >= 4 is 11.0 Å². The number of phenolic OH excluding ortho intramolecular Hbond substituents is 2. The van der Waals surface area contributed by atoms with Crippen LogP contribution in [0.15, 0.2) is 65.5 Å². The van der Waals surface area contributed by atoms with E-state index in [0.29, 0.717) is 22.3 Å². The van der Waals surface area contributed by atoms with Gasteiger partial charge in [0.25, 0.3) is 0 Å². The van der Waals surface area contributed by atoms with Gasteiger partial charge in [-0.1, -0.05) is 36.4 Å². The molecule has 0 aliphatic carbocycles. The highest BCUT2D eigenvalue weighted by Crippen LogP contribution is 2.38. The van der Waals surface area contributed by atoms with E-state index in [1.165, 1.54) is 10.6 Å². The topological polar surface area (TPSA) is 78.2 Å². The molecule has 5 heteroatoms. The van der Waals surface area contributed by atoms with E-state index in [9.17, 15) is 15.0 Å². The molecule has 25 heavy (non-hydrogen) atoms. The summed E-state index contributed by atoms with van der Waals surface area (Å²) in [7, 11) is 0. The van der Waals surface area contributed by atoms with E-state index in [0.717, 1.165) is 11.1 Å². The number of phenols is 2. The zero-order valence-corrected chi connectivity index (χ0v) is 13.5. The van der Waals surface area contributed by atoms with Crippen LogP contribution in [0.3, 0.4) is 0 Å². The quantitative estimate of drug-likeness (QED) is 0.524. The van der Waals surface area contributed by atoms with Crippen molar-refractivity contribution in [3.8, 4) is 28.3 Å². The monoisotopic (exact) mass is 332 g/mol. The molecular weight excluding hydrogens is 316 g/mol. The number of aromatic nitrogens is 2. The van der Waals surface area contributed by atoms with Crippen molar-refractivity contribution in [1.82, 2.24) is 9.55 Å². The number of aryl methyl sites for hydroxylation is 1. The minimum absolute atomic E-state index is 0.0385. The number of nitrogens with one attached hydrogen (secondary N) is 1. The van der Waals surface area contributed by atoms with Crippen LogP contribution >= 0.6 is 0 Å². The predicted molar refractivity (Wildman–Crippen MR) is 97.4 cm³/mol. The Bertz CT molecular complexity index is 1160. The molecule has 5 nitrogen and oxygen atoms in total. The maximum Gasteiger partial charge on any atom is 0.331 e. The average Bonchev–Trinajstić information content (AvgIpc) is 2.92. The Morgan fingerprint density at radius 3 is 2.40 bits per heavy atom. The Kier molecular flexibility index (Phi) is 3.35. The molecule has 0 atom stereocenters. The number of H-pyrrole nitrogens is 1. The molecule has 0 amide bonds. The number of aromatic hydroxyl groups is 2. The first-order valence-electron chi connectivity index (χ1n) is 7.88. The van der Waals surface area contributed by atoms with Crippen LogP contribution in [0.5, 0.6) is 11.5 Å². The van der Waals surface area contributed by atoms with Gasteiger partial charge >= 0.3 is 5.69 Å². The second-order valence-electron chi connectivity index (χ2n) is 5.96. The number of imidazole rings is 1. The van der Waals surface area contributed by atoms with Gasteiger partial charge in [-0.2, -0.15) is 0 Å². The molecule has 4 rings (SSSR count). The molecule has 0 spiro atoms. The molecule has 0 aliphatic rings. The van der Waals surface area contributed by atoms with Crippen molar-refractivity contribution in [3.63, 3.8) is 0 Å². The summed E-state index contributed by atoms with van der Waals surface area (Å²) in [4.78, 5) is 15.2. The average molecular weight is 332 g/mol. The van der Waals surface area contributed by atoms with E-state index >= 15 is 0 Å². The van der Waals surface area contributed by atoms with Crippen molar-refractivity contribution in [2.45, 2.75) is 6.92 Å². The molecular formula is C20H16N2O3. The third-order valence-corrected chi connectivity index (χ3v) is 4.36. The van der Waals surface area contributed by atoms with E-state index in [4.69, 9.17) is 0 Å². The van der Waals surface area contributed by atoms with Crippen LogP contribution in [0.4, 0.5) is 0 Å². The molecule has 0 saturated heterocycles. The summed E-state index contributed by atoms with van der Waals surface area (Å²) in [5.41, 5.74) is 3.69. The highest BCUT2D eigenvalue weighted by Gasteiger charge is 2.16. The lowest BCUT2D eigenvalue weighted by Gasteiger charge is -2.13. The first-order valence-corrected chi connectivity index (χ1v) is 7.88. The van der Waals surface area contributed by atoms with Gasteiger partial charge in [0.05, 0.1) is 16.7 Å². The van der Waals surface area contributed by atoms with Crippen molar-refractivity contribution in [2.75, 3.05) is 0 Å². The number of benzene rings is 3. The van der Waals surface area contributed by atoms with Gasteiger partial charge in [0, 0.05) is 11.6 Å². The molecule has 1 heterocycles. The van der Waals surface area contributed by atoms with Gasteiger partial charge < -0.3 is 15.2 Å². The lowest BCUT2D eigenvalue weighted by Crippen LogP contribution is -2.14. The minimum Gasteiger partial charge on any atom is -0.507 e. The van der Waals surface area contributed by atoms with Crippen molar-refractivity contribution < 1.29 is 10.2 Å². The summed E-state index contributed by atoms with van der Waals surface area (Å²) in [6.07, 6.45) is 0. The fourth-order valence-corrected chi connectivity index (χ4v) is 3.13. The van der Waals surface area contributed by atoms with E-state index in [-0.39, 0.29) is 17.2 Å². The summed E-state index contributed by atoms with van der Waals surface area (Å²) >= 11 is 0. The molecule has 3 N–H and O–H groups in total. The Morgan fingerprint density at radius 2 is 1.60 bits per heavy atom. The normalized spacial score (nSPS) is 11.1. The van der Waals surface area contributed by atoms with E-state index in [1.807, 2.05) is 43.3 Å². The molecule has 0 saturated carbocycles. The van der Waals surface area contributed by atoms with Crippen LogP contribution < -0.4 is 5.69 Å². The first kappa shape index (κ1) is 15.1. The number of rotatable bonds is 2. The smallest absolute Gasteiger partial charge is 0.331 e. The van der Waals surface area contributed by atoms with Crippen LogP contribution in [0.1, 0.15) is 5.56 Å². The van der Waals surface area contributed by atoms with Crippen LogP contribution in [-0.4, -0.2) is 19.8 Å². The van der Waals surface area contributed by atoms with Gasteiger partial charge in [0.2, 0.25) is 0 Å². The van der Waals surface area contributed by atoms with Gasteiger partial charge in [0.15, 0.2) is 0 Å². The van der Waals surface area contributed by atoms with Crippen LogP contribution in [-0.2, 0) is 0 Å². The Morgan fingerprint density at radius 1 is 0.880 bits per heavy atom. The van der Waals surface area contributed by atoms with Gasteiger partial charge in [-0.25, -0.2) is 4.79 Å². The summed E-state index contributed by atoms with van der Waals surface area (Å²) in [5.74, 6) is -0.204. The van der Waals surface area contributed by atoms with Crippen molar-refractivity contribution in [2.24, 2.45) is 0 Å². The molecule has 4 aromatic rings. The zero-order chi connectivity index (χ0) is 17.6. The molecule has 1 aromatic heterocycles. The van der Waals surface area contributed by atoms with E-state index < -0.39 is 0 Å². The van der Waals surface area contributed by atoms with Crippen LogP contribution in [0.25, 0.3) is 27.8 Å². The lowest BCUT2D eigenvalue weighted by molar-refractivity contribution is 0.450. The fraction of sp³-hybridized carbons (Fsp3) is 0.0500. The molecule has 0 bridgehead atoms.